The lowest BCUT2D eigenvalue weighted by molar-refractivity contribution is 0.00688. The number of amides is 1. The molecule has 0 bridgehead atoms. The van der Waals surface area contributed by atoms with Crippen molar-refractivity contribution in [2.45, 2.75) is 65.3 Å². The van der Waals surface area contributed by atoms with Crippen molar-refractivity contribution >= 4 is 28.9 Å². The number of carbonyl (C=O) groups excluding carboxylic acids is 1. The van der Waals surface area contributed by atoms with Gasteiger partial charge in [-0.3, -0.25) is 0 Å². The third-order valence-corrected chi connectivity index (χ3v) is 9.87. The first-order valence-corrected chi connectivity index (χ1v) is 18.4. The van der Waals surface area contributed by atoms with Crippen LogP contribution < -0.4 is 28.6 Å². The number of ether oxygens (including phenoxy) is 6. The third kappa shape index (κ3) is 8.71. The summed E-state index contributed by atoms with van der Waals surface area (Å²) >= 11 is 1.36. The first-order chi connectivity index (χ1) is 25.9. The number of hydrogen-bond donors (Lipinski definition) is 1. The zero-order valence-electron chi connectivity index (χ0n) is 31.9. The number of aromatic nitrogens is 5. The number of rotatable bonds is 13. The van der Waals surface area contributed by atoms with Gasteiger partial charge in [0.1, 0.15) is 34.7 Å². The lowest BCUT2D eigenvalue weighted by Gasteiger charge is -2.35. The molecule has 1 fully saturated rings. The van der Waals surface area contributed by atoms with Gasteiger partial charge in [0.05, 0.1) is 40.3 Å². The lowest BCUT2D eigenvalue weighted by atomic mass is 9.90. The molecular weight excluding hydrogens is 715 g/mol. The van der Waals surface area contributed by atoms with Gasteiger partial charge in [0.2, 0.25) is 0 Å². The van der Waals surface area contributed by atoms with Gasteiger partial charge in [-0.05, 0) is 70.7 Å². The molecule has 0 aliphatic carbocycles. The topological polar surface area (TPSA) is 155 Å². The monoisotopic (exact) mass is 761 g/mol. The predicted molar refractivity (Wildman–Crippen MR) is 202 cm³/mol. The van der Waals surface area contributed by atoms with Crippen LogP contribution in [-0.2, 0) is 17.8 Å². The standard InChI is InChI=1S/C38H47N7O8S/c1-23-19-40-36(54-23)52-35-41-34(33-39-20-29(45(33)42-35)32(46)24-13-15-43(16-14-24)37(47)53-38(2,3)4)44(21-25-9-11-27(48-5)17-30(25)50-7)22-26-10-12-28(49-6)18-31(26)51-8/h9-12,17-20,24,32,46H,13-16,21-22H2,1-8H3. The molecule has 16 heteroatoms. The van der Waals surface area contributed by atoms with Crippen molar-refractivity contribution in [1.29, 1.82) is 0 Å². The molecule has 0 radical (unpaired) electrons. The summed E-state index contributed by atoms with van der Waals surface area (Å²) in [6.45, 7) is 9.01. The highest BCUT2D eigenvalue weighted by Gasteiger charge is 2.33. The maximum Gasteiger partial charge on any atom is 0.410 e. The number of methoxy groups -OCH3 is 4. The van der Waals surface area contributed by atoms with Crippen molar-refractivity contribution < 1.29 is 38.3 Å². The van der Waals surface area contributed by atoms with E-state index in [2.05, 4.69) is 4.98 Å². The minimum absolute atomic E-state index is 0.0198. The maximum atomic E-state index is 12.7. The Bertz CT molecular complexity index is 2010. The molecule has 1 N–H and O–H groups in total. The van der Waals surface area contributed by atoms with Crippen LogP contribution in [0.4, 0.5) is 10.6 Å². The van der Waals surface area contributed by atoms with Crippen LogP contribution in [0.25, 0.3) is 5.65 Å². The van der Waals surface area contributed by atoms with Crippen molar-refractivity contribution in [2.24, 2.45) is 5.92 Å². The summed E-state index contributed by atoms with van der Waals surface area (Å²) in [5.74, 6) is 2.82. The molecule has 15 nitrogen and oxygen atoms in total. The van der Waals surface area contributed by atoms with Gasteiger partial charge in [0.25, 0.3) is 5.19 Å². The molecule has 4 heterocycles. The number of thiazole rings is 1. The van der Waals surface area contributed by atoms with E-state index in [-0.39, 0.29) is 18.0 Å². The molecule has 3 aromatic heterocycles. The fourth-order valence-corrected chi connectivity index (χ4v) is 6.93. The maximum absolute atomic E-state index is 12.7. The van der Waals surface area contributed by atoms with Gasteiger partial charge >= 0.3 is 12.1 Å². The molecule has 1 atom stereocenters. The Hall–Kier alpha value is -5.35. The molecule has 1 aliphatic heterocycles. The van der Waals surface area contributed by atoms with Crippen LogP contribution >= 0.6 is 11.3 Å². The zero-order chi connectivity index (χ0) is 38.6. The second kappa shape index (κ2) is 16.3. The first kappa shape index (κ1) is 38.4. The zero-order valence-corrected chi connectivity index (χ0v) is 32.7. The van der Waals surface area contributed by atoms with Crippen molar-refractivity contribution in [3.05, 3.63) is 70.5 Å². The molecule has 0 saturated carbocycles. The molecular formula is C38H47N7O8S. The second-order valence-electron chi connectivity index (χ2n) is 13.9. The van der Waals surface area contributed by atoms with Crippen LogP contribution in [0.2, 0.25) is 0 Å². The van der Waals surface area contributed by atoms with Crippen molar-refractivity contribution in [3.63, 3.8) is 0 Å². The molecule has 1 amide bonds. The Balaban J connectivity index is 1.42. The Kier molecular flexibility index (Phi) is 11.6. The molecule has 6 rings (SSSR count). The Morgan fingerprint density at radius 2 is 1.54 bits per heavy atom. The average molecular weight is 762 g/mol. The van der Waals surface area contributed by atoms with Gasteiger partial charge in [-0.2, -0.15) is 4.98 Å². The van der Waals surface area contributed by atoms with Gasteiger partial charge in [0.15, 0.2) is 11.5 Å². The van der Waals surface area contributed by atoms with E-state index in [0.717, 1.165) is 16.0 Å². The number of fused-ring (bicyclic) bond motifs is 1. The van der Waals surface area contributed by atoms with E-state index in [0.29, 0.717) is 84.4 Å². The molecule has 1 aliphatic rings. The fraction of sp³-hybridized carbons (Fsp3) is 0.447. The Morgan fingerprint density at radius 3 is 2.06 bits per heavy atom. The van der Waals surface area contributed by atoms with E-state index in [1.54, 1.807) is 50.2 Å². The average Bonchev–Trinajstić information content (AvgIpc) is 3.78. The van der Waals surface area contributed by atoms with Gasteiger partial charge in [-0.1, -0.05) is 11.3 Å². The number of benzene rings is 2. The number of aryl methyl sites for hydroxylation is 1. The Labute approximate surface area is 318 Å². The largest absolute Gasteiger partial charge is 0.497 e. The van der Waals surface area contributed by atoms with E-state index in [1.165, 1.54) is 11.3 Å². The fourth-order valence-electron chi connectivity index (χ4n) is 6.33. The van der Waals surface area contributed by atoms with Crippen molar-refractivity contribution in [3.8, 4) is 34.2 Å². The Morgan fingerprint density at radius 1 is 0.926 bits per heavy atom. The first-order valence-electron chi connectivity index (χ1n) is 17.6. The van der Waals surface area contributed by atoms with E-state index >= 15 is 0 Å². The van der Waals surface area contributed by atoms with Crippen LogP contribution in [0.5, 0.6) is 34.2 Å². The van der Waals surface area contributed by atoms with Crippen molar-refractivity contribution in [2.75, 3.05) is 46.4 Å². The summed E-state index contributed by atoms with van der Waals surface area (Å²) in [6.07, 6.45) is 3.16. The number of hydrogen-bond acceptors (Lipinski definition) is 14. The van der Waals surface area contributed by atoms with Crippen LogP contribution in [0.1, 0.15) is 61.4 Å². The SMILES string of the molecule is COc1ccc(CN(Cc2ccc(OC)cc2OC)c2nc(Oc3ncc(C)s3)nn3c(C(O)C4CCN(C(=O)OC(C)(C)C)CC4)cnc23)c(OC)c1. The van der Waals surface area contributed by atoms with Crippen LogP contribution in [0.3, 0.4) is 0 Å². The quantitative estimate of drug-likeness (QED) is 0.137. The number of aliphatic hydroxyl groups is 1. The van der Waals surface area contributed by atoms with E-state index < -0.39 is 11.7 Å². The third-order valence-electron chi connectivity index (χ3n) is 9.08. The highest BCUT2D eigenvalue weighted by molar-refractivity contribution is 7.13. The minimum Gasteiger partial charge on any atom is -0.497 e. The molecule has 288 valence electrons. The number of carbonyl (C=O) groups is 1. The number of anilines is 1. The summed E-state index contributed by atoms with van der Waals surface area (Å²) in [5.41, 5.74) is 1.98. The second-order valence-corrected chi connectivity index (χ2v) is 15.1. The molecule has 1 saturated heterocycles. The van der Waals surface area contributed by atoms with E-state index in [9.17, 15) is 9.90 Å². The number of aliphatic hydroxyl groups excluding tert-OH is 1. The van der Waals surface area contributed by atoms with E-state index in [4.69, 9.17) is 43.5 Å². The van der Waals surface area contributed by atoms with Crippen LogP contribution in [0, 0.1) is 12.8 Å². The smallest absolute Gasteiger partial charge is 0.410 e. The summed E-state index contributed by atoms with van der Waals surface area (Å²) < 4.78 is 35.9. The lowest BCUT2D eigenvalue weighted by Crippen LogP contribution is -2.42. The summed E-state index contributed by atoms with van der Waals surface area (Å²) in [6, 6.07) is 11.3. The van der Waals surface area contributed by atoms with Crippen LogP contribution in [-0.4, -0.2) is 87.8 Å². The number of likely N-dealkylation sites (tertiary alicyclic amines) is 1. The van der Waals surface area contributed by atoms with E-state index in [1.807, 2.05) is 69.0 Å². The van der Waals surface area contributed by atoms with Gasteiger partial charge in [-0.15, -0.1) is 5.10 Å². The summed E-state index contributed by atoms with van der Waals surface area (Å²) in [5, 5.41) is 17.0. The molecule has 5 aromatic rings. The number of imidazole rings is 1. The molecule has 54 heavy (non-hydrogen) atoms. The molecule has 0 spiro atoms. The predicted octanol–water partition coefficient (Wildman–Crippen LogP) is 6.60. The van der Waals surface area contributed by atoms with Crippen molar-refractivity contribution in [1.82, 2.24) is 29.5 Å². The highest BCUT2D eigenvalue weighted by Crippen LogP contribution is 2.36. The highest BCUT2D eigenvalue weighted by atomic mass is 32.1. The molecule has 2 aromatic carbocycles. The number of piperidine rings is 1. The van der Waals surface area contributed by atoms with Gasteiger partial charge < -0.3 is 43.3 Å². The normalized spacial score (nSPS) is 14.1. The molecule has 1 unspecified atom stereocenters. The minimum atomic E-state index is -0.949. The van der Waals surface area contributed by atoms with Crippen LogP contribution in [0.15, 0.2) is 48.8 Å². The van der Waals surface area contributed by atoms with Gasteiger partial charge in [-0.25, -0.2) is 19.3 Å². The number of nitrogens with zero attached hydrogens (tertiary/aromatic N) is 7. The summed E-state index contributed by atoms with van der Waals surface area (Å²) in [4.78, 5) is 31.5. The summed E-state index contributed by atoms with van der Waals surface area (Å²) in [7, 11) is 6.43. The van der Waals surface area contributed by atoms with Gasteiger partial charge in [0, 0.05) is 60.5 Å².